The maximum Gasteiger partial charge on any atom is 0.421 e. The van der Waals surface area contributed by atoms with Gasteiger partial charge in [-0.1, -0.05) is 6.07 Å². The normalized spacial score (nSPS) is 15.9. The molecular formula is C31H29F4N9O2. The van der Waals surface area contributed by atoms with Crippen LogP contribution in [0.2, 0.25) is 0 Å². The molecule has 1 fully saturated rings. The van der Waals surface area contributed by atoms with Crippen LogP contribution in [0.5, 0.6) is 0 Å². The lowest BCUT2D eigenvalue weighted by atomic mass is 9.99. The molecular weight excluding hydrogens is 606 g/mol. The summed E-state index contributed by atoms with van der Waals surface area (Å²) in [5.74, 6) is -1.39. The largest absolute Gasteiger partial charge is 0.421 e. The first-order chi connectivity index (χ1) is 22.1. The standard InChI is InChI=1S/C31H29F4N9O2/c32-23-6-3-16(11-24-26-20(2-1-8-36-26)28(45)43-42-24)10-21(23)29(46)44-9-7-17-12-19(13-37-25(17)15-44)40-30-38-14-22(31(33,34)35)27(41-30)39-18-4-5-18/h3,6,10,12-14,18,36H,1-2,4-5,7-9,11,15H2,(H,43,45)(H2,38,39,40,41). The number of aromatic nitrogens is 5. The van der Waals surface area contributed by atoms with Crippen LogP contribution in [0.3, 0.4) is 0 Å². The fourth-order valence-corrected chi connectivity index (χ4v) is 5.76. The molecule has 46 heavy (non-hydrogen) atoms. The van der Waals surface area contributed by atoms with Gasteiger partial charge in [0, 0.05) is 37.3 Å². The highest BCUT2D eigenvalue weighted by Crippen LogP contribution is 2.36. The van der Waals surface area contributed by atoms with E-state index >= 15 is 0 Å². The molecule has 0 atom stereocenters. The summed E-state index contributed by atoms with van der Waals surface area (Å²) in [7, 11) is 0. The maximum atomic E-state index is 15.0. The van der Waals surface area contributed by atoms with E-state index in [1.807, 2.05) is 0 Å². The lowest BCUT2D eigenvalue weighted by Crippen LogP contribution is -2.37. The number of anilines is 4. The zero-order chi connectivity index (χ0) is 32.0. The number of benzene rings is 1. The molecule has 0 saturated heterocycles. The monoisotopic (exact) mass is 635 g/mol. The number of aromatic amines is 1. The number of hydrogen-bond acceptors (Lipinski definition) is 9. The second-order valence-electron chi connectivity index (χ2n) is 11.7. The van der Waals surface area contributed by atoms with Crippen molar-refractivity contribution in [1.82, 2.24) is 30.0 Å². The first-order valence-electron chi connectivity index (χ1n) is 15.0. The van der Waals surface area contributed by atoms with Gasteiger partial charge < -0.3 is 20.9 Å². The smallest absolute Gasteiger partial charge is 0.383 e. The molecule has 11 nitrogen and oxygen atoms in total. The van der Waals surface area contributed by atoms with Crippen molar-refractivity contribution in [2.45, 2.75) is 57.3 Å². The summed E-state index contributed by atoms with van der Waals surface area (Å²) in [6.07, 6.45) is 1.44. The van der Waals surface area contributed by atoms with Gasteiger partial charge in [-0.3, -0.25) is 14.6 Å². The van der Waals surface area contributed by atoms with Gasteiger partial charge in [0.25, 0.3) is 11.5 Å². The summed E-state index contributed by atoms with van der Waals surface area (Å²) >= 11 is 0. The van der Waals surface area contributed by atoms with Crippen molar-refractivity contribution in [3.8, 4) is 0 Å². The number of nitrogens with zero attached hydrogens (tertiary/aromatic N) is 5. The highest BCUT2D eigenvalue weighted by molar-refractivity contribution is 5.95. The molecule has 1 aromatic carbocycles. The summed E-state index contributed by atoms with van der Waals surface area (Å²) < 4.78 is 55.3. The first-order valence-corrected chi connectivity index (χ1v) is 15.0. The number of halogens is 4. The molecule has 4 aromatic rings. The third-order valence-electron chi connectivity index (χ3n) is 8.30. The molecule has 238 valence electrons. The number of fused-ring (bicyclic) bond motifs is 2. The second kappa shape index (κ2) is 11.7. The van der Waals surface area contributed by atoms with Crippen LogP contribution in [0.25, 0.3) is 0 Å². The molecule has 1 amide bonds. The third-order valence-corrected chi connectivity index (χ3v) is 8.30. The second-order valence-corrected chi connectivity index (χ2v) is 11.7. The summed E-state index contributed by atoms with van der Waals surface area (Å²) in [4.78, 5) is 39.6. The maximum absolute atomic E-state index is 15.0. The predicted molar refractivity (Wildman–Crippen MR) is 161 cm³/mol. The van der Waals surface area contributed by atoms with Crippen LogP contribution < -0.4 is 21.5 Å². The number of carbonyl (C=O) groups is 1. The molecule has 15 heteroatoms. The van der Waals surface area contributed by atoms with Crippen LogP contribution in [-0.2, 0) is 32.0 Å². The number of H-pyrrole nitrogens is 1. The van der Waals surface area contributed by atoms with Crippen LogP contribution in [0.4, 0.5) is 40.7 Å². The van der Waals surface area contributed by atoms with Gasteiger partial charge in [0.2, 0.25) is 5.95 Å². The Morgan fingerprint density at radius 2 is 1.96 bits per heavy atom. The van der Waals surface area contributed by atoms with E-state index in [4.69, 9.17) is 0 Å². The quantitative estimate of drug-likeness (QED) is 0.215. The number of carbonyl (C=O) groups excluding carboxylic acids is 1. The van der Waals surface area contributed by atoms with E-state index < -0.39 is 23.5 Å². The van der Waals surface area contributed by atoms with Gasteiger partial charge in [-0.15, -0.1) is 0 Å². The first kappa shape index (κ1) is 29.6. The predicted octanol–water partition coefficient (Wildman–Crippen LogP) is 4.58. The van der Waals surface area contributed by atoms with Gasteiger partial charge in [0.15, 0.2) is 0 Å². The van der Waals surface area contributed by atoms with Crippen LogP contribution in [0, 0.1) is 5.82 Å². The van der Waals surface area contributed by atoms with Crippen LogP contribution >= 0.6 is 0 Å². The average Bonchev–Trinajstić information content (AvgIpc) is 3.86. The number of hydrogen-bond donors (Lipinski definition) is 4. The number of rotatable bonds is 7. The minimum atomic E-state index is -4.59. The molecule has 1 saturated carbocycles. The molecule has 2 aliphatic heterocycles. The van der Waals surface area contributed by atoms with E-state index in [-0.39, 0.29) is 35.5 Å². The summed E-state index contributed by atoms with van der Waals surface area (Å²) in [5, 5.41) is 15.7. The number of amides is 1. The van der Waals surface area contributed by atoms with Crippen LogP contribution in [0.1, 0.15) is 63.3 Å². The Labute approximate surface area is 259 Å². The average molecular weight is 636 g/mol. The molecule has 7 rings (SSSR count). The molecule has 4 N–H and O–H groups in total. The number of nitrogens with one attached hydrogen (secondary N) is 4. The van der Waals surface area contributed by atoms with E-state index in [0.29, 0.717) is 59.7 Å². The van der Waals surface area contributed by atoms with E-state index in [0.717, 1.165) is 37.6 Å². The highest BCUT2D eigenvalue weighted by Gasteiger charge is 2.37. The Hall–Kier alpha value is -5.08. The molecule has 5 heterocycles. The summed E-state index contributed by atoms with van der Waals surface area (Å²) in [6, 6.07) is 6.14. The van der Waals surface area contributed by atoms with Crippen molar-refractivity contribution in [2.75, 3.05) is 29.0 Å². The highest BCUT2D eigenvalue weighted by atomic mass is 19.4. The molecule has 3 aromatic heterocycles. The SMILES string of the molecule is O=C(c1cc(Cc2n[nH]c(=O)c3c2NCCC3)ccc1F)N1CCc2cc(Nc3ncc(C(F)(F)F)c(NC4CC4)n3)cnc2C1. The van der Waals surface area contributed by atoms with Gasteiger partial charge in [-0.05, 0) is 61.4 Å². The van der Waals surface area contributed by atoms with Gasteiger partial charge in [0.05, 0.1) is 41.1 Å². The summed E-state index contributed by atoms with van der Waals surface area (Å²) in [6.45, 7) is 1.19. The molecule has 0 bridgehead atoms. The van der Waals surface area contributed by atoms with Crippen LogP contribution in [-0.4, -0.2) is 55.1 Å². The van der Waals surface area contributed by atoms with E-state index in [1.54, 1.807) is 12.1 Å². The van der Waals surface area contributed by atoms with Gasteiger partial charge in [-0.25, -0.2) is 14.5 Å². The Balaban J connectivity index is 1.05. The molecule has 0 radical (unpaired) electrons. The minimum absolute atomic E-state index is 0.00535. The lowest BCUT2D eigenvalue weighted by Gasteiger charge is -2.28. The fraction of sp³-hybridized carbons (Fsp3) is 0.355. The van der Waals surface area contributed by atoms with Crippen molar-refractivity contribution in [2.24, 2.45) is 0 Å². The minimum Gasteiger partial charge on any atom is -0.383 e. The number of alkyl halides is 3. The third kappa shape index (κ3) is 6.08. The van der Waals surface area contributed by atoms with Gasteiger partial charge >= 0.3 is 6.18 Å². The molecule has 0 spiro atoms. The zero-order valence-corrected chi connectivity index (χ0v) is 24.5. The van der Waals surface area contributed by atoms with Crippen molar-refractivity contribution < 1.29 is 22.4 Å². The summed E-state index contributed by atoms with van der Waals surface area (Å²) in [5.41, 5.74) is 3.37. The van der Waals surface area contributed by atoms with E-state index in [2.05, 4.69) is 41.1 Å². The molecule has 3 aliphatic rings. The zero-order valence-electron chi connectivity index (χ0n) is 24.5. The van der Waals surface area contributed by atoms with E-state index in [1.165, 1.54) is 23.2 Å². The topological polar surface area (TPSA) is 141 Å². The Morgan fingerprint density at radius 1 is 1.11 bits per heavy atom. The Morgan fingerprint density at radius 3 is 2.76 bits per heavy atom. The van der Waals surface area contributed by atoms with Crippen molar-refractivity contribution >= 4 is 29.0 Å². The number of pyridine rings is 1. The van der Waals surface area contributed by atoms with E-state index in [9.17, 15) is 27.2 Å². The van der Waals surface area contributed by atoms with Crippen molar-refractivity contribution in [3.63, 3.8) is 0 Å². The lowest BCUT2D eigenvalue weighted by molar-refractivity contribution is -0.137. The van der Waals surface area contributed by atoms with Crippen LogP contribution in [0.15, 0.2) is 41.5 Å². The molecule has 0 unspecified atom stereocenters. The van der Waals surface area contributed by atoms with Gasteiger partial charge in [-0.2, -0.15) is 23.3 Å². The van der Waals surface area contributed by atoms with Gasteiger partial charge in [0.1, 0.15) is 17.2 Å². The molecule has 1 aliphatic carbocycles. The Bertz CT molecular complexity index is 1890. The Kier molecular flexibility index (Phi) is 7.53. The van der Waals surface area contributed by atoms with Crippen molar-refractivity contribution in [3.05, 3.63) is 92.0 Å². The fourth-order valence-electron chi connectivity index (χ4n) is 5.76. The van der Waals surface area contributed by atoms with Crippen molar-refractivity contribution in [1.29, 1.82) is 0 Å².